The van der Waals surface area contributed by atoms with Crippen LogP contribution in [0.15, 0.2) is 0 Å². The maximum Gasteiger partial charge on any atom is 0.0456 e. The van der Waals surface area contributed by atoms with Gasteiger partial charge in [-0.2, -0.15) is 0 Å². The molecule has 0 aromatic carbocycles. The van der Waals surface area contributed by atoms with Crippen molar-refractivity contribution in [3.8, 4) is 0 Å². The van der Waals surface area contributed by atoms with Gasteiger partial charge in [0.25, 0.3) is 0 Å². The molecular weight excluding hydrogens is 857 g/mol. The van der Waals surface area contributed by atoms with Gasteiger partial charge >= 0.3 is 0 Å². The highest BCUT2D eigenvalue weighted by Gasteiger charge is 2.13. The standard InChI is InChI=1S/C8H18N2.C7H17N3.C7H16N2.C6H15N3.C6H14N2.C5H13N3.C5H12N2.C4H11N3/c9-5-1-2-8-3-6-10-7-4-8;8-2-1-5-10-6-3-9-4-7-10;8-4-1-7-2-5-9-6-3-7;7-1-4-9-5-2-8-3-6-9;7-5-6-1-3-8-4-2-6;6-5-8-3-1-7-2-4-8;6-5-1-3-7-4-2-5;5-7-3-1-6-2-4-7/h8,10H,1-7,9H2;9H,1-8H2;7,9H,1-6,8H2;8H,1-7H2;6,8H,1-5,7H2;7H,1-6H2;5,7H,1-4,6H2;6H,1-5H2. The zero-order chi connectivity index (χ0) is 49.4. The average Bonchev–Trinajstić information content (AvgIpc) is 3.41. The van der Waals surface area contributed by atoms with Crippen molar-refractivity contribution in [3.63, 3.8) is 0 Å². The summed E-state index contributed by atoms with van der Waals surface area (Å²) in [5.74, 6) is 8.11. The third-order valence-corrected chi connectivity index (χ3v) is 13.6. The van der Waals surface area contributed by atoms with Gasteiger partial charge in [-0.25, -0.2) is 5.01 Å². The van der Waals surface area contributed by atoms with E-state index in [2.05, 4.69) is 57.2 Å². The maximum absolute atomic E-state index is 5.59. The minimum atomic E-state index is 0.473. The van der Waals surface area contributed by atoms with Gasteiger partial charge in [0.2, 0.25) is 0 Å². The predicted molar refractivity (Wildman–Crippen MR) is 291 cm³/mol. The van der Waals surface area contributed by atoms with Crippen molar-refractivity contribution < 1.29 is 0 Å². The summed E-state index contributed by atoms with van der Waals surface area (Å²) in [7, 11) is 0. The van der Waals surface area contributed by atoms with Crippen molar-refractivity contribution in [2.75, 3.05) is 210 Å². The molecule has 8 saturated heterocycles. The van der Waals surface area contributed by atoms with Gasteiger partial charge < -0.3 is 87.6 Å². The van der Waals surface area contributed by atoms with Crippen molar-refractivity contribution in [1.29, 1.82) is 0 Å². The number of nitrogens with two attached hydrogens (primary N) is 8. The summed E-state index contributed by atoms with van der Waals surface area (Å²) in [6, 6.07) is 0.473. The Morgan fingerprint density at radius 1 is 0.338 bits per heavy atom. The molecule has 8 rings (SSSR count). The van der Waals surface area contributed by atoms with Crippen LogP contribution in [0.5, 0.6) is 0 Å². The molecule has 68 heavy (non-hydrogen) atoms. The molecule has 0 bridgehead atoms. The number of hydrogen-bond donors (Lipinski definition) is 16. The van der Waals surface area contributed by atoms with Crippen LogP contribution >= 0.6 is 0 Å². The lowest BCUT2D eigenvalue weighted by atomic mass is 9.93. The van der Waals surface area contributed by atoms with Crippen LogP contribution in [0.1, 0.15) is 77.0 Å². The van der Waals surface area contributed by atoms with Crippen LogP contribution in [0.4, 0.5) is 0 Å². The first-order valence-electron chi connectivity index (χ1n) is 27.7. The second-order valence-corrected chi connectivity index (χ2v) is 19.4. The molecule has 408 valence electrons. The number of piperidine rings is 4. The molecule has 0 spiro atoms. The first-order valence-corrected chi connectivity index (χ1v) is 27.7. The van der Waals surface area contributed by atoms with Crippen LogP contribution in [0.2, 0.25) is 0 Å². The first-order chi connectivity index (χ1) is 33.4. The van der Waals surface area contributed by atoms with Crippen LogP contribution in [0, 0.1) is 17.8 Å². The minimum absolute atomic E-state index is 0.473. The van der Waals surface area contributed by atoms with Gasteiger partial charge in [-0.05, 0) is 180 Å². The molecule has 20 nitrogen and oxygen atoms in total. The number of nitrogens with one attached hydrogen (secondary N) is 8. The Kier molecular flexibility index (Phi) is 47.7. The molecule has 20 heteroatoms. The Morgan fingerprint density at radius 2 is 0.691 bits per heavy atom. The van der Waals surface area contributed by atoms with Gasteiger partial charge in [0.1, 0.15) is 0 Å². The summed E-state index contributed by atoms with van der Waals surface area (Å²) in [5, 5.41) is 28.1. The molecule has 8 heterocycles. The topological polar surface area (TPSA) is 317 Å². The molecule has 0 aromatic heterocycles. The Morgan fingerprint density at radius 3 is 0.985 bits per heavy atom. The van der Waals surface area contributed by atoms with E-state index in [-0.39, 0.29) is 0 Å². The van der Waals surface area contributed by atoms with Gasteiger partial charge in [-0.3, -0.25) is 15.6 Å². The van der Waals surface area contributed by atoms with Crippen LogP contribution < -0.4 is 88.5 Å². The zero-order valence-corrected chi connectivity index (χ0v) is 43.8. The highest BCUT2D eigenvalue weighted by Crippen LogP contribution is 2.17. The largest absolute Gasteiger partial charge is 0.330 e. The van der Waals surface area contributed by atoms with Gasteiger partial charge in [0.05, 0.1) is 0 Å². The van der Waals surface area contributed by atoms with Crippen molar-refractivity contribution in [2.45, 2.75) is 83.1 Å². The van der Waals surface area contributed by atoms with Crippen LogP contribution in [-0.2, 0) is 0 Å². The average molecular weight is 974 g/mol. The Labute approximate surface area is 417 Å². The van der Waals surface area contributed by atoms with Crippen LogP contribution in [-0.4, -0.2) is 235 Å². The van der Waals surface area contributed by atoms with E-state index in [9.17, 15) is 0 Å². The van der Waals surface area contributed by atoms with Crippen LogP contribution in [0.3, 0.4) is 0 Å². The molecule has 0 radical (unpaired) electrons. The van der Waals surface area contributed by atoms with Crippen LogP contribution in [0.25, 0.3) is 0 Å². The number of hydrazine groups is 1. The minimum Gasteiger partial charge on any atom is -0.330 e. The van der Waals surface area contributed by atoms with E-state index in [0.717, 1.165) is 181 Å². The fraction of sp³-hybridized carbons (Fsp3) is 1.00. The van der Waals surface area contributed by atoms with Crippen molar-refractivity contribution in [2.24, 2.45) is 63.7 Å². The summed E-state index contributed by atoms with van der Waals surface area (Å²) < 4.78 is 0. The highest BCUT2D eigenvalue weighted by atomic mass is 15.4. The highest BCUT2D eigenvalue weighted by molar-refractivity contribution is 4.72. The molecule has 0 saturated carbocycles. The normalized spacial score (nSPS) is 22.9. The lowest BCUT2D eigenvalue weighted by Crippen LogP contribution is -2.47. The molecule has 0 amide bonds. The fourth-order valence-electron chi connectivity index (χ4n) is 8.89. The second-order valence-electron chi connectivity index (χ2n) is 19.4. The summed E-state index contributed by atoms with van der Waals surface area (Å²) in [5.41, 5.74) is 38.1. The number of rotatable bonds is 12. The molecule has 24 N–H and O–H groups in total. The predicted octanol–water partition coefficient (Wildman–Crippen LogP) is -3.63. The lowest BCUT2D eigenvalue weighted by Gasteiger charge is -2.26. The summed E-state index contributed by atoms with van der Waals surface area (Å²) in [6.07, 6.45) is 15.2. The summed E-state index contributed by atoms with van der Waals surface area (Å²) >= 11 is 0. The van der Waals surface area contributed by atoms with E-state index in [1.54, 1.807) is 0 Å². The van der Waals surface area contributed by atoms with E-state index in [1.165, 1.54) is 117 Å². The Balaban J connectivity index is 0.000000390. The molecular formula is C48H116N20. The second kappa shape index (κ2) is 49.8. The third kappa shape index (κ3) is 40.8. The van der Waals surface area contributed by atoms with E-state index in [0.29, 0.717) is 12.7 Å². The van der Waals surface area contributed by atoms with Gasteiger partial charge in [-0.15, -0.1) is 0 Å². The molecule has 8 fully saturated rings. The third-order valence-electron chi connectivity index (χ3n) is 13.6. The number of hydrogen-bond acceptors (Lipinski definition) is 20. The van der Waals surface area contributed by atoms with E-state index in [1.807, 2.05) is 5.01 Å². The Bertz CT molecular complexity index is 880. The number of nitrogens with zero attached hydrogens (tertiary/aromatic N) is 4. The van der Waals surface area contributed by atoms with Crippen molar-refractivity contribution in [3.05, 3.63) is 0 Å². The zero-order valence-electron chi connectivity index (χ0n) is 43.8. The smallest absolute Gasteiger partial charge is 0.0456 e. The first kappa shape index (κ1) is 65.2. The molecule has 0 aromatic rings. The van der Waals surface area contributed by atoms with Gasteiger partial charge in [0, 0.05) is 131 Å². The summed E-state index contributed by atoms with van der Waals surface area (Å²) in [4.78, 5) is 7.08. The quantitative estimate of drug-likeness (QED) is 0.0840. The fourth-order valence-corrected chi connectivity index (χ4v) is 8.89. The Hall–Kier alpha value is -0.800. The molecule has 0 aliphatic carbocycles. The van der Waals surface area contributed by atoms with Crippen molar-refractivity contribution >= 4 is 0 Å². The molecule has 8 aliphatic rings. The van der Waals surface area contributed by atoms with Gasteiger partial charge in [-0.1, -0.05) is 0 Å². The summed E-state index contributed by atoms with van der Waals surface area (Å²) in [6.45, 7) is 34.3. The molecule has 8 aliphatic heterocycles. The van der Waals surface area contributed by atoms with E-state index in [4.69, 9.17) is 46.0 Å². The van der Waals surface area contributed by atoms with E-state index < -0.39 is 0 Å². The maximum atomic E-state index is 5.59. The lowest BCUT2D eigenvalue weighted by molar-refractivity contribution is 0.240. The monoisotopic (exact) mass is 973 g/mol. The van der Waals surface area contributed by atoms with E-state index >= 15 is 0 Å². The SMILES string of the molecule is NC1CCNCC1.NCC1CCNCC1.NCCC1CCNCC1.NCCCC1CCNCC1.NCCCN1CCNCC1.NCCN1CCNCC1.NCN1CCNCC1.NN1CCNCC1. The molecule has 0 atom stereocenters. The van der Waals surface area contributed by atoms with Gasteiger partial charge in [0.15, 0.2) is 0 Å². The molecule has 0 unspecified atom stereocenters. The number of piperazine rings is 4. The van der Waals surface area contributed by atoms with Crippen molar-refractivity contribution in [1.82, 2.24) is 62.2 Å².